The summed E-state index contributed by atoms with van der Waals surface area (Å²) < 4.78 is 0.900. The number of halogens is 2. The molecule has 0 atom stereocenters. The molecule has 0 spiro atoms. The van der Waals surface area contributed by atoms with Crippen molar-refractivity contribution in [3.63, 3.8) is 0 Å². The van der Waals surface area contributed by atoms with Crippen LogP contribution in [0.25, 0.3) is 11.0 Å². The number of hydrogen-bond acceptors (Lipinski definition) is 2. The van der Waals surface area contributed by atoms with E-state index in [0.717, 1.165) is 15.5 Å². The van der Waals surface area contributed by atoms with Crippen molar-refractivity contribution >= 4 is 38.6 Å². The number of fused-ring (bicyclic) bond motifs is 1. The minimum Gasteiger partial charge on any atom is -0.357 e. The van der Waals surface area contributed by atoms with Gasteiger partial charge in [-0.25, -0.2) is 9.97 Å². The fourth-order valence-corrected chi connectivity index (χ4v) is 1.41. The topological polar surface area (TPSA) is 41.6 Å². The van der Waals surface area contributed by atoms with Crippen LogP contribution in [0.4, 0.5) is 0 Å². The minimum atomic E-state index is 0.262. The third-order valence-electron chi connectivity index (χ3n) is 1.34. The van der Waals surface area contributed by atoms with Gasteiger partial charge in [-0.1, -0.05) is 0 Å². The molecule has 0 fully saturated rings. The van der Waals surface area contributed by atoms with Gasteiger partial charge in [-0.05, 0) is 27.5 Å². The summed E-state index contributed by atoms with van der Waals surface area (Å²) in [6.07, 6.45) is 3.45. The van der Waals surface area contributed by atoms with E-state index in [9.17, 15) is 0 Å². The Kier molecular flexibility index (Phi) is 1.58. The van der Waals surface area contributed by atoms with Gasteiger partial charge in [-0.15, -0.1) is 0 Å². The van der Waals surface area contributed by atoms with Gasteiger partial charge in [0.05, 0.1) is 16.2 Å². The van der Waals surface area contributed by atoms with E-state index in [1.807, 2.05) is 0 Å². The van der Waals surface area contributed by atoms with Crippen LogP contribution in [-0.2, 0) is 0 Å². The molecule has 0 aliphatic heterocycles. The van der Waals surface area contributed by atoms with Gasteiger partial charge < -0.3 is 4.98 Å². The zero-order valence-electron chi connectivity index (χ0n) is 5.31. The molecule has 0 aliphatic rings. The first-order valence-corrected chi connectivity index (χ1v) is 4.09. The van der Waals surface area contributed by atoms with Crippen LogP contribution in [0.15, 0.2) is 16.9 Å². The van der Waals surface area contributed by atoms with Gasteiger partial charge in [-0.3, -0.25) is 0 Å². The quantitative estimate of drug-likeness (QED) is 0.709. The lowest BCUT2D eigenvalue weighted by Crippen LogP contribution is -1.80. The Bertz CT molecular complexity index is 398. The lowest BCUT2D eigenvalue weighted by atomic mass is 10.5. The maximum absolute atomic E-state index is 5.59. The van der Waals surface area contributed by atoms with Gasteiger partial charge in [-0.2, -0.15) is 0 Å². The molecule has 0 saturated heterocycles. The number of nitrogens with one attached hydrogen (secondary N) is 1. The van der Waals surface area contributed by atoms with Crippen molar-refractivity contribution < 1.29 is 0 Å². The molecular formula is C6H3BrClN3. The van der Waals surface area contributed by atoms with Crippen LogP contribution in [0.1, 0.15) is 0 Å². The molecule has 2 rings (SSSR count). The fourth-order valence-electron chi connectivity index (χ4n) is 0.857. The molecule has 11 heavy (non-hydrogen) atoms. The van der Waals surface area contributed by atoms with Gasteiger partial charge in [0.15, 0.2) is 0 Å². The second kappa shape index (κ2) is 2.46. The first-order valence-electron chi connectivity index (χ1n) is 2.92. The zero-order chi connectivity index (χ0) is 7.84. The Balaban J connectivity index is 2.87. The Morgan fingerprint density at radius 1 is 1.55 bits per heavy atom. The molecule has 3 nitrogen and oxygen atoms in total. The Morgan fingerprint density at radius 2 is 2.36 bits per heavy atom. The standard InChI is InChI=1S/C6H3BrClN3/c7-3-1-9-4-2-10-6(8)11-5(3)4/h1-2,9H. The van der Waals surface area contributed by atoms with Gasteiger partial charge in [0.2, 0.25) is 5.28 Å². The van der Waals surface area contributed by atoms with Crippen LogP contribution in [0.5, 0.6) is 0 Å². The predicted octanol–water partition coefficient (Wildman–Crippen LogP) is 2.37. The minimum absolute atomic E-state index is 0.262. The highest BCUT2D eigenvalue weighted by Crippen LogP contribution is 2.21. The van der Waals surface area contributed by atoms with E-state index in [2.05, 4.69) is 30.9 Å². The molecule has 0 aromatic carbocycles. The molecular weight excluding hydrogens is 229 g/mol. The molecule has 0 radical (unpaired) electrons. The van der Waals surface area contributed by atoms with Crippen LogP contribution in [0.2, 0.25) is 5.28 Å². The highest BCUT2D eigenvalue weighted by atomic mass is 79.9. The first-order chi connectivity index (χ1) is 5.27. The largest absolute Gasteiger partial charge is 0.357 e. The predicted molar refractivity (Wildman–Crippen MR) is 46.6 cm³/mol. The van der Waals surface area contributed by atoms with E-state index in [4.69, 9.17) is 11.6 Å². The lowest BCUT2D eigenvalue weighted by molar-refractivity contribution is 1.22. The third kappa shape index (κ3) is 1.12. The summed E-state index contributed by atoms with van der Waals surface area (Å²) >= 11 is 8.91. The number of aromatic amines is 1. The van der Waals surface area contributed by atoms with E-state index in [0.29, 0.717) is 0 Å². The molecule has 2 aromatic heterocycles. The molecule has 0 bridgehead atoms. The van der Waals surface area contributed by atoms with Gasteiger partial charge in [0.1, 0.15) is 5.52 Å². The molecule has 1 N–H and O–H groups in total. The molecule has 5 heteroatoms. The zero-order valence-corrected chi connectivity index (χ0v) is 7.65. The summed E-state index contributed by atoms with van der Waals surface area (Å²) in [7, 11) is 0. The normalized spacial score (nSPS) is 10.7. The Labute approximate surface area is 75.9 Å². The summed E-state index contributed by atoms with van der Waals surface area (Å²) in [6.45, 7) is 0. The van der Waals surface area contributed by atoms with Gasteiger partial charge >= 0.3 is 0 Å². The van der Waals surface area contributed by atoms with Crippen molar-refractivity contribution in [1.29, 1.82) is 0 Å². The molecule has 2 heterocycles. The average Bonchev–Trinajstić information content (AvgIpc) is 2.33. The van der Waals surface area contributed by atoms with Crippen LogP contribution < -0.4 is 0 Å². The fraction of sp³-hybridized carbons (Fsp3) is 0. The molecule has 0 unspecified atom stereocenters. The summed E-state index contributed by atoms with van der Waals surface area (Å²) in [5.74, 6) is 0. The second-order valence-corrected chi connectivity index (χ2v) is 3.23. The highest BCUT2D eigenvalue weighted by molar-refractivity contribution is 9.10. The van der Waals surface area contributed by atoms with Crippen LogP contribution in [0, 0.1) is 0 Å². The Hall–Kier alpha value is -0.610. The van der Waals surface area contributed by atoms with E-state index in [-0.39, 0.29) is 5.28 Å². The Morgan fingerprint density at radius 3 is 3.18 bits per heavy atom. The summed E-state index contributed by atoms with van der Waals surface area (Å²) in [4.78, 5) is 10.8. The molecule has 0 aliphatic carbocycles. The number of hydrogen-bond donors (Lipinski definition) is 1. The van der Waals surface area contributed by atoms with Gasteiger partial charge in [0.25, 0.3) is 0 Å². The maximum atomic E-state index is 5.59. The van der Waals surface area contributed by atoms with Crippen molar-refractivity contribution in [3.05, 3.63) is 22.1 Å². The van der Waals surface area contributed by atoms with Crippen LogP contribution in [-0.4, -0.2) is 15.0 Å². The van der Waals surface area contributed by atoms with Crippen molar-refractivity contribution in [2.75, 3.05) is 0 Å². The van der Waals surface area contributed by atoms with Crippen molar-refractivity contribution in [3.8, 4) is 0 Å². The van der Waals surface area contributed by atoms with Crippen molar-refractivity contribution in [1.82, 2.24) is 15.0 Å². The van der Waals surface area contributed by atoms with E-state index < -0.39 is 0 Å². The molecule has 56 valence electrons. The molecule has 0 amide bonds. The number of nitrogens with zero attached hydrogens (tertiary/aromatic N) is 2. The summed E-state index contributed by atoms with van der Waals surface area (Å²) in [5, 5.41) is 0.262. The number of aromatic nitrogens is 3. The van der Waals surface area contributed by atoms with Crippen molar-refractivity contribution in [2.45, 2.75) is 0 Å². The first kappa shape index (κ1) is 7.06. The monoisotopic (exact) mass is 231 g/mol. The average molecular weight is 232 g/mol. The van der Waals surface area contributed by atoms with Gasteiger partial charge in [0, 0.05) is 6.20 Å². The second-order valence-electron chi connectivity index (χ2n) is 2.04. The van der Waals surface area contributed by atoms with Crippen LogP contribution in [0.3, 0.4) is 0 Å². The molecule has 2 aromatic rings. The van der Waals surface area contributed by atoms with Crippen LogP contribution >= 0.6 is 27.5 Å². The van der Waals surface area contributed by atoms with E-state index in [1.54, 1.807) is 12.4 Å². The summed E-state index contributed by atoms with van der Waals surface area (Å²) in [5.41, 5.74) is 1.69. The third-order valence-corrected chi connectivity index (χ3v) is 2.13. The van der Waals surface area contributed by atoms with Crippen molar-refractivity contribution in [2.24, 2.45) is 0 Å². The SMILES string of the molecule is Clc1ncc2[nH]cc(Br)c2n1. The van der Waals surface area contributed by atoms with E-state index >= 15 is 0 Å². The highest BCUT2D eigenvalue weighted by Gasteiger charge is 2.02. The number of rotatable bonds is 0. The summed E-state index contributed by atoms with van der Waals surface area (Å²) in [6, 6.07) is 0. The maximum Gasteiger partial charge on any atom is 0.223 e. The number of H-pyrrole nitrogens is 1. The molecule has 0 saturated carbocycles. The lowest BCUT2D eigenvalue weighted by Gasteiger charge is -1.88. The smallest absolute Gasteiger partial charge is 0.223 e. The van der Waals surface area contributed by atoms with E-state index in [1.165, 1.54) is 0 Å².